The summed E-state index contributed by atoms with van der Waals surface area (Å²) in [6, 6.07) is 9.03. The van der Waals surface area contributed by atoms with E-state index in [-0.39, 0.29) is 18.8 Å². The Bertz CT molecular complexity index is 1030. The topological polar surface area (TPSA) is 119 Å². The molecule has 3 aromatic rings. The summed E-state index contributed by atoms with van der Waals surface area (Å²) in [4.78, 5) is 32.4. The molecule has 1 aromatic carbocycles. The van der Waals surface area contributed by atoms with E-state index in [1.54, 1.807) is 12.1 Å². The number of carboxylic acids is 1. The number of amides is 1. The number of rotatable bonds is 7. The molecule has 0 radical (unpaired) electrons. The van der Waals surface area contributed by atoms with Crippen LogP contribution < -0.4 is 10.1 Å². The van der Waals surface area contributed by atoms with Crippen molar-refractivity contribution in [2.75, 3.05) is 13.7 Å². The maximum atomic E-state index is 12.4. The van der Waals surface area contributed by atoms with Gasteiger partial charge in [0, 0.05) is 17.9 Å². The van der Waals surface area contributed by atoms with Gasteiger partial charge < -0.3 is 15.2 Å². The third-order valence-corrected chi connectivity index (χ3v) is 4.34. The maximum Gasteiger partial charge on any atom is 0.308 e. The van der Waals surface area contributed by atoms with Crippen molar-refractivity contribution in [3.8, 4) is 5.75 Å². The summed E-state index contributed by atoms with van der Waals surface area (Å²) in [5.74, 6) is -1.50. The highest BCUT2D eigenvalue weighted by atomic mass is 16.5. The largest absolute Gasteiger partial charge is 0.496 e. The van der Waals surface area contributed by atoms with Crippen LogP contribution in [-0.4, -0.2) is 50.2 Å². The molecule has 0 saturated carbocycles. The Balaban J connectivity index is 1.72. The summed E-state index contributed by atoms with van der Waals surface area (Å²) >= 11 is 0. The molecule has 1 atom stereocenters. The zero-order valence-corrected chi connectivity index (χ0v) is 15.8. The van der Waals surface area contributed by atoms with Crippen LogP contribution in [0.5, 0.6) is 5.75 Å². The van der Waals surface area contributed by atoms with E-state index in [0.29, 0.717) is 11.5 Å². The predicted molar refractivity (Wildman–Crippen MR) is 100 cm³/mol. The molecule has 0 aliphatic rings. The van der Waals surface area contributed by atoms with Crippen molar-refractivity contribution in [3.63, 3.8) is 0 Å². The first-order valence-electron chi connectivity index (χ1n) is 8.73. The number of fused-ring (bicyclic) bond motifs is 1. The van der Waals surface area contributed by atoms with Crippen LogP contribution in [0.1, 0.15) is 27.6 Å². The second-order valence-corrected chi connectivity index (χ2v) is 6.45. The molecule has 0 aliphatic carbocycles. The van der Waals surface area contributed by atoms with E-state index in [0.717, 1.165) is 17.0 Å². The number of carbonyl (C=O) groups excluding carboxylic acids is 1. The highest BCUT2D eigenvalue weighted by molar-refractivity contribution is 5.91. The molecular formula is C19H21N5O4. The third-order valence-electron chi connectivity index (χ3n) is 4.34. The zero-order valence-electron chi connectivity index (χ0n) is 15.8. The molecule has 0 saturated heterocycles. The highest BCUT2D eigenvalue weighted by Crippen LogP contribution is 2.21. The van der Waals surface area contributed by atoms with Crippen molar-refractivity contribution in [3.05, 3.63) is 53.1 Å². The molecule has 2 aromatic heterocycles. The average Bonchev–Trinajstić information content (AvgIpc) is 3.09. The number of aryl methyl sites for hydroxylation is 2. The number of nitrogens with one attached hydrogen (secondary N) is 1. The van der Waals surface area contributed by atoms with Crippen LogP contribution in [0.4, 0.5) is 0 Å². The van der Waals surface area contributed by atoms with Gasteiger partial charge in [-0.25, -0.2) is 9.50 Å². The number of carbonyl (C=O) groups is 2. The molecule has 28 heavy (non-hydrogen) atoms. The summed E-state index contributed by atoms with van der Waals surface area (Å²) < 4.78 is 6.74. The SMILES string of the molecule is COc1ccccc1CC(CNC(=O)c1nc2nc(C)cc(C)n2n1)C(=O)O. The Morgan fingerprint density at radius 3 is 2.71 bits per heavy atom. The van der Waals surface area contributed by atoms with Gasteiger partial charge in [0.25, 0.3) is 11.7 Å². The molecule has 0 bridgehead atoms. The second kappa shape index (κ2) is 8.03. The maximum absolute atomic E-state index is 12.4. The summed E-state index contributed by atoms with van der Waals surface area (Å²) in [6.45, 7) is 3.61. The zero-order chi connectivity index (χ0) is 20.3. The van der Waals surface area contributed by atoms with E-state index in [9.17, 15) is 14.7 Å². The van der Waals surface area contributed by atoms with Crippen LogP contribution in [0.3, 0.4) is 0 Å². The van der Waals surface area contributed by atoms with Crippen molar-refractivity contribution in [2.24, 2.45) is 5.92 Å². The molecule has 1 unspecified atom stereocenters. The molecular weight excluding hydrogens is 362 g/mol. The number of benzene rings is 1. The standard InChI is InChI=1S/C19H21N5O4/c1-11-8-12(2)24-19(21-11)22-16(23-24)17(25)20-10-14(18(26)27)9-13-6-4-5-7-15(13)28-3/h4-8,14H,9-10H2,1-3H3,(H,20,25)(H,26,27). The predicted octanol–water partition coefficient (Wildman–Crippen LogP) is 1.42. The van der Waals surface area contributed by atoms with E-state index < -0.39 is 17.8 Å². The number of nitrogens with zero attached hydrogens (tertiary/aromatic N) is 4. The van der Waals surface area contributed by atoms with Crippen molar-refractivity contribution in [1.29, 1.82) is 0 Å². The Hall–Kier alpha value is -3.49. The second-order valence-electron chi connectivity index (χ2n) is 6.45. The molecule has 2 heterocycles. The van der Waals surface area contributed by atoms with Crippen LogP contribution in [0, 0.1) is 19.8 Å². The molecule has 1 amide bonds. The number of hydrogen-bond acceptors (Lipinski definition) is 6. The molecule has 3 rings (SSSR count). The molecule has 9 heteroatoms. The Labute approximate surface area is 161 Å². The van der Waals surface area contributed by atoms with Gasteiger partial charge in [-0.3, -0.25) is 9.59 Å². The fourth-order valence-corrected chi connectivity index (χ4v) is 2.94. The van der Waals surface area contributed by atoms with Gasteiger partial charge >= 0.3 is 5.97 Å². The quantitative estimate of drug-likeness (QED) is 0.633. The van der Waals surface area contributed by atoms with Crippen LogP contribution in [0.15, 0.2) is 30.3 Å². The number of aromatic nitrogens is 4. The van der Waals surface area contributed by atoms with Crippen molar-refractivity contribution >= 4 is 17.7 Å². The number of methoxy groups -OCH3 is 1. The minimum atomic E-state index is -1.01. The fraction of sp³-hybridized carbons (Fsp3) is 0.316. The smallest absolute Gasteiger partial charge is 0.308 e. The summed E-state index contributed by atoms with van der Waals surface area (Å²) in [5, 5.41) is 16.3. The van der Waals surface area contributed by atoms with E-state index in [2.05, 4.69) is 20.4 Å². The third kappa shape index (κ3) is 4.08. The summed E-state index contributed by atoms with van der Waals surface area (Å²) in [7, 11) is 1.53. The minimum absolute atomic E-state index is 0.0531. The average molecular weight is 383 g/mol. The molecule has 2 N–H and O–H groups in total. The first kappa shape index (κ1) is 19.3. The number of hydrogen-bond donors (Lipinski definition) is 2. The van der Waals surface area contributed by atoms with Gasteiger partial charge in [-0.15, -0.1) is 5.10 Å². The normalized spacial score (nSPS) is 12.0. The Morgan fingerprint density at radius 2 is 2.00 bits per heavy atom. The summed E-state index contributed by atoms with van der Waals surface area (Å²) in [6.07, 6.45) is 0.220. The van der Waals surface area contributed by atoms with Gasteiger partial charge in [0.2, 0.25) is 5.82 Å². The van der Waals surface area contributed by atoms with Crippen LogP contribution in [0.25, 0.3) is 5.78 Å². The number of ether oxygens (including phenoxy) is 1. The van der Waals surface area contributed by atoms with Gasteiger partial charge in [0.1, 0.15) is 5.75 Å². The minimum Gasteiger partial charge on any atom is -0.496 e. The highest BCUT2D eigenvalue weighted by Gasteiger charge is 2.22. The first-order valence-corrected chi connectivity index (χ1v) is 8.73. The van der Waals surface area contributed by atoms with E-state index >= 15 is 0 Å². The van der Waals surface area contributed by atoms with Gasteiger partial charge in [0.05, 0.1) is 13.0 Å². The van der Waals surface area contributed by atoms with Crippen molar-refractivity contribution in [1.82, 2.24) is 24.9 Å². The van der Waals surface area contributed by atoms with Gasteiger partial charge in [0.15, 0.2) is 0 Å². The van der Waals surface area contributed by atoms with E-state index in [4.69, 9.17) is 4.74 Å². The van der Waals surface area contributed by atoms with Gasteiger partial charge in [-0.1, -0.05) is 18.2 Å². The molecule has 9 nitrogen and oxygen atoms in total. The Kier molecular flexibility index (Phi) is 5.53. The molecule has 0 aliphatic heterocycles. The van der Waals surface area contributed by atoms with Gasteiger partial charge in [-0.05, 0) is 38.0 Å². The van der Waals surface area contributed by atoms with E-state index in [1.807, 2.05) is 32.0 Å². The van der Waals surface area contributed by atoms with Crippen LogP contribution >= 0.6 is 0 Å². The summed E-state index contributed by atoms with van der Waals surface area (Å²) in [5.41, 5.74) is 2.33. The lowest BCUT2D eigenvalue weighted by Gasteiger charge is -2.15. The lowest BCUT2D eigenvalue weighted by atomic mass is 9.98. The monoisotopic (exact) mass is 383 g/mol. The van der Waals surface area contributed by atoms with Crippen LogP contribution in [0.2, 0.25) is 0 Å². The number of aliphatic carboxylic acids is 1. The van der Waals surface area contributed by atoms with Gasteiger partial charge in [-0.2, -0.15) is 4.98 Å². The lowest BCUT2D eigenvalue weighted by Crippen LogP contribution is -2.34. The van der Waals surface area contributed by atoms with Crippen molar-refractivity contribution in [2.45, 2.75) is 20.3 Å². The van der Waals surface area contributed by atoms with Crippen LogP contribution in [-0.2, 0) is 11.2 Å². The molecule has 0 spiro atoms. The fourth-order valence-electron chi connectivity index (χ4n) is 2.94. The number of para-hydroxylation sites is 1. The Morgan fingerprint density at radius 1 is 1.25 bits per heavy atom. The van der Waals surface area contributed by atoms with Crippen molar-refractivity contribution < 1.29 is 19.4 Å². The first-order chi connectivity index (χ1) is 13.4. The molecule has 0 fully saturated rings. The van der Waals surface area contributed by atoms with E-state index in [1.165, 1.54) is 11.6 Å². The molecule has 146 valence electrons. The number of carboxylic acid groups (broad SMARTS) is 1. The lowest BCUT2D eigenvalue weighted by molar-refractivity contribution is -0.141.